The van der Waals surface area contributed by atoms with E-state index in [2.05, 4.69) is 56.1 Å². The molecule has 2 N–H and O–H groups in total. The average molecular weight is 286 g/mol. The molecule has 1 aromatic heterocycles. The van der Waals surface area contributed by atoms with Crippen molar-refractivity contribution in [3.8, 4) is 0 Å². The van der Waals surface area contributed by atoms with Crippen molar-refractivity contribution in [3.63, 3.8) is 0 Å². The maximum atomic E-state index is 6.00. The topological polar surface area (TPSA) is 38.9 Å². The van der Waals surface area contributed by atoms with E-state index in [-0.39, 0.29) is 6.04 Å². The van der Waals surface area contributed by atoms with Crippen molar-refractivity contribution in [2.45, 2.75) is 49.6 Å². The first-order valence-electron chi connectivity index (χ1n) is 7.04. The quantitative estimate of drug-likeness (QED) is 0.898. The van der Waals surface area contributed by atoms with Gasteiger partial charge in [-0.05, 0) is 49.9 Å². The van der Waals surface area contributed by atoms with Gasteiger partial charge in [0.15, 0.2) is 0 Å². The van der Waals surface area contributed by atoms with E-state index in [1.165, 1.54) is 21.6 Å². The number of aromatic nitrogens is 1. The number of hydrogen-bond donors (Lipinski definition) is 1. The lowest BCUT2D eigenvalue weighted by atomic mass is 10.1. The van der Waals surface area contributed by atoms with Gasteiger partial charge in [-0.25, -0.2) is 4.98 Å². The van der Waals surface area contributed by atoms with Gasteiger partial charge in [0.1, 0.15) is 5.03 Å². The van der Waals surface area contributed by atoms with Gasteiger partial charge in [0, 0.05) is 17.1 Å². The number of benzene rings is 1. The summed E-state index contributed by atoms with van der Waals surface area (Å²) in [5, 5.41) is 1.07. The zero-order valence-electron chi connectivity index (χ0n) is 12.4. The summed E-state index contributed by atoms with van der Waals surface area (Å²) in [7, 11) is 0. The van der Waals surface area contributed by atoms with Crippen molar-refractivity contribution in [1.29, 1.82) is 0 Å². The molecule has 0 saturated heterocycles. The highest BCUT2D eigenvalue weighted by Crippen LogP contribution is 2.29. The number of pyridine rings is 1. The summed E-state index contributed by atoms with van der Waals surface area (Å²) in [6.07, 6.45) is 3.86. The fraction of sp³-hybridized carbons (Fsp3) is 0.353. The monoisotopic (exact) mass is 286 g/mol. The third-order valence-electron chi connectivity index (χ3n) is 3.34. The number of rotatable bonds is 5. The number of nitrogens with two attached hydrogens (primary N) is 1. The van der Waals surface area contributed by atoms with Gasteiger partial charge < -0.3 is 5.73 Å². The third kappa shape index (κ3) is 4.09. The lowest BCUT2D eigenvalue weighted by Crippen LogP contribution is -2.21. The van der Waals surface area contributed by atoms with E-state index in [1.54, 1.807) is 11.8 Å². The van der Waals surface area contributed by atoms with Gasteiger partial charge in [-0.1, -0.05) is 42.4 Å². The molecule has 20 heavy (non-hydrogen) atoms. The van der Waals surface area contributed by atoms with E-state index in [0.717, 1.165) is 17.9 Å². The van der Waals surface area contributed by atoms with Gasteiger partial charge >= 0.3 is 0 Å². The normalized spacial score (nSPS) is 12.4. The summed E-state index contributed by atoms with van der Waals surface area (Å²) in [5.41, 5.74) is 9.72. The zero-order valence-corrected chi connectivity index (χ0v) is 13.2. The fourth-order valence-corrected chi connectivity index (χ4v) is 2.82. The molecule has 0 fully saturated rings. The summed E-state index contributed by atoms with van der Waals surface area (Å²) in [5.74, 6) is 0. The molecule has 1 heterocycles. The third-order valence-corrected chi connectivity index (χ3v) is 4.47. The minimum absolute atomic E-state index is 0.229. The van der Waals surface area contributed by atoms with Crippen LogP contribution in [0.15, 0.2) is 46.5 Å². The van der Waals surface area contributed by atoms with Gasteiger partial charge in [-0.2, -0.15) is 0 Å². The molecule has 106 valence electrons. The molecule has 0 radical (unpaired) electrons. The van der Waals surface area contributed by atoms with E-state index in [4.69, 9.17) is 5.73 Å². The smallest absolute Gasteiger partial charge is 0.104 e. The highest BCUT2D eigenvalue weighted by molar-refractivity contribution is 7.99. The lowest BCUT2D eigenvalue weighted by Gasteiger charge is -2.11. The molecule has 1 atom stereocenters. The highest BCUT2D eigenvalue weighted by Gasteiger charge is 2.07. The Kier molecular flexibility index (Phi) is 5.21. The highest BCUT2D eigenvalue weighted by atomic mass is 32.2. The first-order chi connectivity index (χ1) is 9.58. The second-order valence-electron chi connectivity index (χ2n) is 5.25. The van der Waals surface area contributed by atoms with Crippen LogP contribution < -0.4 is 5.73 Å². The molecular formula is C17H22N2S. The van der Waals surface area contributed by atoms with Crippen LogP contribution in [0.2, 0.25) is 0 Å². The van der Waals surface area contributed by atoms with Gasteiger partial charge in [0.2, 0.25) is 0 Å². The van der Waals surface area contributed by atoms with Gasteiger partial charge in [-0.3, -0.25) is 0 Å². The van der Waals surface area contributed by atoms with E-state index >= 15 is 0 Å². The van der Waals surface area contributed by atoms with Gasteiger partial charge in [-0.15, -0.1) is 0 Å². The molecule has 0 aliphatic heterocycles. The molecule has 0 spiro atoms. The first kappa shape index (κ1) is 15.1. The standard InChI is InChI=1S/C17H22N2S/c1-4-15(18)10-14-9-13(3)17(19-11-14)20-16-7-5-12(2)6-8-16/h5-9,11,15H,4,10,18H2,1-3H3. The Morgan fingerprint density at radius 1 is 1.20 bits per heavy atom. The van der Waals surface area contributed by atoms with Crippen LogP contribution in [0.4, 0.5) is 0 Å². The summed E-state index contributed by atoms with van der Waals surface area (Å²) < 4.78 is 0. The van der Waals surface area contributed by atoms with Crippen molar-refractivity contribution in [1.82, 2.24) is 4.98 Å². The Hall–Kier alpha value is -1.32. The summed E-state index contributed by atoms with van der Waals surface area (Å²) in [4.78, 5) is 5.82. The van der Waals surface area contributed by atoms with E-state index < -0.39 is 0 Å². The Morgan fingerprint density at radius 2 is 1.90 bits per heavy atom. The maximum absolute atomic E-state index is 6.00. The number of hydrogen-bond acceptors (Lipinski definition) is 3. The van der Waals surface area contributed by atoms with Crippen LogP contribution in [0.1, 0.15) is 30.0 Å². The molecule has 1 aromatic carbocycles. The Balaban J connectivity index is 2.11. The molecule has 2 aromatic rings. The molecule has 3 heteroatoms. The van der Waals surface area contributed by atoms with Crippen molar-refractivity contribution >= 4 is 11.8 Å². The minimum atomic E-state index is 0.229. The maximum Gasteiger partial charge on any atom is 0.104 e. The van der Waals surface area contributed by atoms with Crippen molar-refractivity contribution in [2.75, 3.05) is 0 Å². The molecule has 0 aliphatic rings. The van der Waals surface area contributed by atoms with Crippen LogP contribution in [0.3, 0.4) is 0 Å². The number of aryl methyl sites for hydroxylation is 2. The minimum Gasteiger partial charge on any atom is -0.327 e. The second-order valence-corrected chi connectivity index (χ2v) is 6.32. The van der Waals surface area contributed by atoms with E-state index in [0.29, 0.717) is 0 Å². The second kappa shape index (κ2) is 6.91. The Labute approximate surface area is 125 Å². The molecule has 2 nitrogen and oxygen atoms in total. The van der Waals surface area contributed by atoms with Crippen LogP contribution in [0, 0.1) is 13.8 Å². The Morgan fingerprint density at radius 3 is 2.50 bits per heavy atom. The predicted molar refractivity (Wildman–Crippen MR) is 86.2 cm³/mol. The largest absolute Gasteiger partial charge is 0.327 e. The molecule has 0 amide bonds. The van der Waals surface area contributed by atoms with E-state index in [1.807, 2.05) is 6.20 Å². The SMILES string of the molecule is CCC(N)Cc1cnc(Sc2ccc(C)cc2)c(C)c1. The molecule has 1 unspecified atom stereocenters. The van der Waals surface area contributed by atoms with Crippen LogP contribution >= 0.6 is 11.8 Å². The molecule has 0 saturated carbocycles. The predicted octanol–water partition coefficient (Wildman–Crippen LogP) is 4.13. The fourth-order valence-electron chi connectivity index (χ4n) is 2.00. The van der Waals surface area contributed by atoms with Crippen molar-refractivity contribution < 1.29 is 0 Å². The zero-order chi connectivity index (χ0) is 14.5. The molecule has 0 aliphatic carbocycles. The molecule has 2 rings (SSSR count). The van der Waals surface area contributed by atoms with Crippen molar-refractivity contribution in [3.05, 3.63) is 53.2 Å². The van der Waals surface area contributed by atoms with Crippen LogP contribution in [-0.2, 0) is 6.42 Å². The lowest BCUT2D eigenvalue weighted by molar-refractivity contribution is 0.644. The van der Waals surface area contributed by atoms with Gasteiger partial charge in [0.25, 0.3) is 0 Å². The summed E-state index contributed by atoms with van der Waals surface area (Å²) >= 11 is 1.71. The van der Waals surface area contributed by atoms with Crippen LogP contribution in [0.25, 0.3) is 0 Å². The van der Waals surface area contributed by atoms with Crippen LogP contribution in [0.5, 0.6) is 0 Å². The Bertz CT molecular complexity index is 564. The first-order valence-corrected chi connectivity index (χ1v) is 7.85. The number of nitrogens with zero attached hydrogens (tertiary/aromatic N) is 1. The van der Waals surface area contributed by atoms with Gasteiger partial charge in [0.05, 0.1) is 0 Å². The molecular weight excluding hydrogens is 264 g/mol. The summed E-state index contributed by atoms with van der Waals surface area (Å²) in [6, 6.07) is 11.0. The molecule has 0 bridgehead atoms. The summed E-state index contributed by atoms with van der Waals surface area (Å²) in [6.45, 7) is 6.33. The van der Waals surface area contributed by atoms with Crippen molar-refractivity contribution in [2.24, 2.45) is 5.73 Å². The van der Waals surface area contributed by atoms with Crippen LogP contribution in [-0.4, -0.2) is 11.0 Å². The van der Waals surface area contributed by atoms with E-state index in [9.17, 15) is 0 Å². The average Bonchev–Trinajstić information content (AvgIpc) is 2.44.